The summed E-state index contributed by atoms with van der Waals surface area (Å²) in [6.07, 6.45) is 0. The largest absolute Gasteiger partial charge is 0.461 e. The fourth-order valence-corrected chi connectivity index (χ4v) is 2.04. The number of hydrogen-bond acceptors (Lipinski definition) is 5. The first-order valence-electron chi connectivity index (χ1n) is 7.74. The fraction of sp³-hybridized carbons (Fsp3) is 0.263. The minimum absolute atomic E-state index is 0.124. The smallest absolute Gasteiger partial charge is 0.324 e. The Labute approximate surface area is 141 Å². The molecule has 0 aromatic heterocycles. The van der Waals surface area contributed by atoms with Crippen LogP contribution in [0.2, 0.25) is 0 Å². The van der Waals surface area contributed by atoms with E-state index in [4.69, 9.17) is 15.2 Å². The molecule has 0 amide bonds. The molecular formula is C19H21NO4. The van der Waals surface area contributed by atoms with Crippen LogP contribution in [-0.4, -0.2) is 18.0 Å². The Kier molecular flexibility index (Phi) is 6.51. The van der Waals surface area contributed by atoms with Gasteiger partial charge in [-0.2, -0.15) is 0 Å². The van der Waals surface area contributed by atoms with Crippen molar-refractivity contribution >= 4 is 11.9 Å². The zero-order chi connectivity index (χ0) is 17.4. The van der Waals surface area contributed by atoms with E-state index in [0.717, 1.165) is 11.1 Å². The molecule has 2 N–H and O–H groups in total. The average molecular weight is 327 g/mol. The molecule has 0 bridgehead atoms. The first-order chi connectivity index (χ1) is 11.6. The molecule has 24 heavy (non-hydrogen) atoms. The Morgan fingerprint density at radius 3 is 1.71 bits per heavy atom. The molecule has 2 aromatic rings. The highest BCUT2D eigenvalue weighted by molar-refractivity contribution is 5.84. The van der Waals surface area contributed by atoms with Gasteiger partial charge in [-0.3, -0.25) is 9.59 Å². The number of rotatable bonds is 7. The maximum atomic E-state index is 12.0. The van der Waals surface area contributed by atoms with Crippen molar-refractivity contribution in [1.29, 1.82) is 0 Å². The monoisotopic (exact) mass is 327 g/mol. The van der Waals surface area contributed by atoms with E-state index in [-0.39, 0.29) is 13.2 Å². The number of nitrogens with two attached hydrogens (primary N) is 1. The third-order valence-corrected chi connectivity index (χ3v) is 3.63. The molecular weight excluding hydrogens is 306 g/mol. The van der Waals surface area contributed by atoms with E-state index in [1.165, 1.54) is 0 Å². The van der Waals surface area contributed by atoms with E-state index in [2.05, 4.69) is 0 Å². The van der Waals surface area contributed by atoms with Gasteiger partial charge in [0.05, 0.1) is 5.92 Å². The average Bonchev–Trinajstić information content (AvgIpc) is 2.64. The number of benzene rings is 2. The molecule has 0 radical (unpaired) electrons. The summed E-state index contributed by atoms with van der Waals surface area (Å²) in [4.78, 5) is 24.0. The Morgan fingerprint density at radius 2 is 1.25 bits per heavy atom. The predicted molar refractivity (Wildman–Crippen MR) is 89.6 cm³/mol. The number of hydrogen-bond donors (Lipinski definition) is 1. The van der Waals surface area contributed by atoms with Crippen molar-refractivity contribution in [2.45, 2.75) is 26.2 Å². The van der Waals surface area contributed by atoms with Gasteiger partial charge in [0.1, 0.15) is 19.3 Å². The minimum Gasteiger partial charge on any atom is -0.461 e. The van der Waals surface area contributed by atoms with Gasteiger partial charge < -0.3 is 15.2 Å². The minimum atomic E-state index is -1.06. The van der Waals surface area contributed by atoms with Crippen molar-refractivity contribution in [2.75, 3.05) is 0 Å². The van der Waals surface area contributed by atoms with Crippen LogP contribution in [-0.2, 0) is 32.3 Å². The molecule has 0 spiro atoms. The van der Waals surface area contributed by atoms with Gasteiger partial charge in [0.15, 0.2) is 0 Å². The lowest BCUT2D eigenvalue weighted by atomic mass is 10.0. The quantitative estimate of drug-likeness (QED) is 0.790. The van der Waals surface area contributed by atoms with Gasteiger partial charge >= 0.3 is 11.9 Å². The van der Waals surface area contributed by atoms with Gasteiger partial charge in [0.2, 0.25) is 0 Å². The van der Waals surface area contributed by atoms with Crippen LogP contribution in [0.15, 0.2) is 60.7 Å². The van der Waals surface area contributed by atoms with E-state index in [9.17, 15) is 9.59 Å². The van der Waals surface area contributed by atoms with Crippen LogP contribution < -0.4 is 5.73 Å². The van der Waals surface area contributed by atoms with Gasteiger partial charge in [-0.05, 0) is 18.1 Å². The third-order valence-electron chi connectivity index (χ3n) is 3.63. The van der Waals surface area contributed by atoms with Gasteiger partial charge in [-0.1, -0.05) is 60.7 Å². The fourth-order valence-electron chi connectivity index (χ4n) is 2.04. The van der Waals surface area contributed by atoms with Crippen LogP contribution in [0.5, 0.6) is 0 Å². The Morgan fingerprint density at radius 1 is 0.833 bits per heavy atom. The second-order valence-corrected chi connectivity index (χ2v) is 5.50. The Hall–Kier alpha value is -2.66. The zero-order valence-electron chi connectivity index (χ0n) is 13.6. The Bertz CT molecular complexity index is 598. The molecule has 2 aromatic carbocycles. The maximum absolute atomic E-state index is 12.0. The summed E-state index contributed by atoms with van der Waals surface area (Å²) >= 11 is 0. The van der Waals surface area contributed by atoms with Crippen LogP contribution in [0.1, 0.15) is 18.1 Å². The molecule has 0 saturated carbocycles. The molecule has 0 fully saturated rings. The molecule has 5 heteroatoms. The molecule has 0 aliphatic heterocycles. The van der Waals surface area contributed by atoms with Crippen molar-refractivity contribution in [3.05, 3.63) is 71.8 Å². The number of ether oxygens (including phenoxy) is 2. The predicted octanol–water partition coefficient (Wildman–Crippen LogP) is 2.44. The summed E-state index contributed by atoms with van der Waals surface area (Å²) in [5.41, 5.74) is 7.55. The van der Waals surface area contributed by atoms with E-state index in [1.807, 2.05) is 60.7 Å². The molecule has 0 saturated heterocycles. The van der Waals surface area contributed by atoms with Crippen LogP contribution in [0.25, 0.3) is 0 Å². The molecule has 126 valence electrons. The van der Waals surface area contributed by atoms with E-state index in [0.29, 0.717) is 0 Å². The highest BCUT2D eigenvalue weighted by Crippen LogP contribution is 2.10. The summed E-state index contributed by atoms with van der Waals surface area (Å²) in [6, 6.07) is 17.5. The van der Waals surface area contributed by atoms with Crippen molar-refractivity contribution < 1.29 is 19.1 Å². The lowest BCUT2D eigenvalue weighted by Gasteiger charge is -2.17. The first kappa shape index (κ1) is 17.7. The number of carbonyl (C=O) groups excluding carboxylic acids is 2. The molecule has 2 rings (SSSR count). The van der Waals surface area contributed by atoms with Crippen molar-refractivity contribution in [3.63, 3.8) is 0 Å². The topological polar surface area (TPSA) is 78.6 Å². The standard InChI is InChI=1S/C19H21NO4/c1-14(18(21)23-12-15-8-4-2-5-9-15)17(20)19(22)24-13-16-10-6-3-7-11-16/h2-11,14,17H,12-13,20H2,1H3/t14-,17+/m1/s1. The summed E-state index contributed by atoms with van der Waals surface area (Å²) in [6.45, 7) is 1.83. The van der Waals surface area contributed by atoms with Gasteiger partial charge in [-0.25, -0.2) is 0 Å². The summed E-state index contributed by atoms with van der Waals surface area (Å²) in [5, 5.41) is 0. The van der Waals surface area contributed by atoms with Gasteiger partial charge in [0, 0.05) is 0 Å². The van der Waals surface area contributed by atoms with E-state index < -0.39 is 23.9 Å². The normalized spacial score (nSPS) is 12.9. The number of carbonyl (C=O) groups is 2. The van der Waals surface area contributed by atoms with Gasteiger partial charge in [-0.15, -0.1) is 0 Å². The number of esters is 2. The lowest BCUT2D eigenvalue weighted by Crippen LogP contribution is -2.42. The molecule has 0 heterocycles. The molecule has 5 nitrogen and oxygen atoms in total. The van der Waals surface area contributed by atoms with Gasteiger partial charge in [0.25, 0.3) is 0 Å². The molecule has 2 atom stereocenters. The molecule has 0 aliphatic rings. The van der Waals surface area contributed by atoms with Crippen LogP contribution in [0.4, 0.5) is 0 Å². The highest BCUT2D eigenvalue weighted by atomic mass is 16.5. The third kappa shape index (κ3) is 5.21. The summed E-state index contributed by atoms with van der Waals surface area (Å²) in [5.74, 6) is -1.93. The van der Waals surface area contributed by atoms with Crippen molar-refractivity contribution in [1.82, 2.24) is 0 Å². The maximum Gasteiger partial charge on any atom is 0.324 e. The van der Waals surface area contributed by atoms with Crippen molar-refractivity contribution in [2.24, 2.45) is 11.7 Å². The second kappa shape index (κ2) is 8.84. The molecule has 0 unspecified atom stereocenters. The van der Waals surface area contributed by atoms with Crippen LogP contribution >= 0.6 is 0 Å². The lowest BCUT2D eigenvalue weighted by molar-refractivity contribution is -0.157. The van der Waals surface area contributed by atoms with Crippen LogP contribution in [0.3, 0.4) is 0 Å². The van der Waals surface area contributed by atoms with Crippen LogP contribution in [0, 0.1) is 5.92 Å². The zero-order valence-corrected chi connectivity index (χ0v) is 13.6. The van der Waals surface area contributed by atoms with Crippen molar-refractivity contribution in [3.8, 4) is 0 Å². The summed E-state index contributed by atoms with van der Waals surface area (Å²) < 4.78 is 10.3. The van der Waals surface area contributed by atoms with E-state index >= 15 is 0 Å². The Balaban J connectivity index is 1.80. The highest BCUT2D eigenvalue weighted by Gasteiger charge is 2.29. The van der Waals surface area contributed by atoms with E-state index in [1.54, 1.807) is 6.92 Å². The first-order valence-corrected chi connectivity index (χ1v) is 7.74. The SMILES string of the molecule is C[C@@H](C(=O)OCc1ccccc1)[C@H](N)C(=O)OCc1ccccc1. The summed E-state index contributed by atoms with van der Waals surface area (Å²) in [7, 11) is 0. The molecule has 0 aliphatic carbocycles. The second-order valence-electron chi connectivity index (χ2n) is 5.50.